The van der Waals surface area contributed by atoms with Crippen LogP contribution in [0.2, 0.25) is 0 Å². The Kier molecular flexibility index (Phi) is 6.19. The Morgan fingerprint density at radius 2 is 1.70 bits per heavy atom. The zero-order chi connectivity index (χ0) is 19.4. The fourth-order valence-corrected chi connectivity index (χ4v) is 4.86. The van der Waals surface area contributed by atoms with Gasteiger partial charge in [-0.25, -0.2) is 13.1 Å². The van der Waals surface area contributed by atoms with Crippen molar-refractivity contribution in [3.63, 3.8) is 0 Å². The van der Waals surface area contributed by atoms with Gasteiger partial charge in [0.05, 0.1) is 7.11 Å². The van der Waals surface area contributed by atoms with Gasteiger partial charge in [-0.15, -0.1) is 0 Å². The number of likely N-dealkylation sites (tertiary alicyclic amines) is 1. The molecule has 0 saturated carbocycles. The fraction of sp³-hybridized carbons (Fsp3) is 0.429. The lowest BCUT2D eigenvalue weighted by molar-refractivity contribution is 0.246. The molecule has 0 aliphatic carbocycles. The van der Waals surface area contributed by atoms with Crippen LogP contribution in [0, 0.1) is 13.8 Å². The Labute approximate surface area is 162 Å². The Bertz CT molecular complexity index is 876. The molecule has 1 aliphatic heterocycles. The first-order valence-electron chi connectivity index (χ1n) is 9.36. The average Bonchev–Trinajstić information content (AvgIpc) is 3.19. The lowest BCUT2D eigenvalue weighted by Gasteiger charge is -2.28. The Morgan fingerprint density at radius 3 is 2.33 bits per heavy atom. The van der Waals surface area contributed by atoms with Crippen LogP contribution >= 0.6 is 0 Å². The first-order chi connectivity index (χ1) is 12.9. The molecule has 0 bridgehead atoms. The lowest BCUT2D eigenvalue weighted by Crippen LogP contribution is -2.36. The summed E-state index contributed by atoms with van der Waals surface area (Å²) in [5, 5.41) is 0. The van der Waals surface area contributed by atoms with Gasteiger partial charge in [-0.1, -0.05) is 30.3 Å². The highest BCUT2D eigenvalue weighted by Crippen LogP contribution is 2.29. The number of hydrogen-bond acceptors (Lipinski definition) is 4. The summed E-state index contributed by atoms with van der Waals surface area (Å²) in [5.41, 5.74) is 3.06. The van der Waals surface area contributed by atoms with Gasteiger partial charge >= 0.3 is 0 Å². The molecule has 3 rings (SSSR count). The third-order valence-electron chi connectivity index (χ3n) is 5.30. The fourth-order valence-electron chi connectivity index (χ4n) is 3.59. The summed E-state index contributed by atoms with van der Waals surface area (Å²) in [7, 11) is -2.18. The molecular weight excluding hydrogens is 360 g/mol. The minimum atomic E-state index is -3.68. The van der Waals surface area contributed by atoms with Gasteiger partial charge in [0.25, 0.3) is 0 Å². The molecule has 2 aromatic carbocycles. The standard InChI is InChI=1S/C21H28N2O3S/c1-16-13-20(26-3)21(14-17(16)2)27(24,25)22-15-19(23-11-7-8-12-23)18-9-5-4-6-10-18/h4-6,9-10,13-14,19,22H,7-8,11-12,15H2,1-3H3. The predicted octanol–water partition coefficient (Wildman–Crippen LogP) is 3.43. The number of ether oxygens (including phenoxy) is 1. The summed E-state index contributed by atoms with van der Waals surface area (Å²) in [5.74, 6) is 0.378. The molecule has 0 spiro atoms. The normalized spacial score (nSPS) is 16.4. The first kappa shape index (κ1) is 19.9. The zero-order valence-corrected chi connectivity index (χ0v) is 17.1. The van der Waals surface area contributed by atoms with E-state index in [9.17, 15) is 8.42 Å². The molecule has 146 valence electrons. The second-order valence-corrected chi connectivity index (χ2v) is 8.84. The third-order valence-corrected chi connectivity index (χ3v) is 6.75. The minimum absolute atomic E-state index is 0.0287. The Hall–Kier alpha value is -1.89. The molecule has 2 aromatic rings. The molecule has 5 nitrogen and oxygen atoms in total. The second-order valence-electron chi connectivity index (χ2n) is 7.11. The highest BCUT2D eigenvalue weighted by Gasteiger charge is 2.27. The number of hydrogen-bond donors (Lipinski definition) is 1. The van der Waals surface area contributed by atoms with Gasteiger partial charge in [-0.3, -0.25) is 4.90 Å². The average molecular weight is 389 g/mol. The van der Waals surface area contributed by atoms with Crippen LogP contribution in [0.25, 0.3) is 0 Å². The predicted molar refractivity (Wildman–Crippen MR) is 108 cm³/mol. The van der Waals surface area contributed by atoms with E-state index in [0.29, 0.717) is 12.3 Å². The number of nitrogens with zero attached hydrogens (tertiary/aromatic N) is 1. The van der Waals surface area contributed by atoms with Crippen LogP contribution < -0.4 is 9.46 Å². The van der Waals surface area contributed by atoms with Crippen molar-refractivity contribution in [3.05, 3.63) is 59.2 Å². The van der Waals surface area contributed by atoms with E-state index in [4.69, 9.17) is 4.74 Å². The van der Waals surface area contributed by atoms with Crippen LogP contribution in [-0.4, -0.2) is 40.1 Å². The summed E-state index contributed by atoms with van der Waals surface area (Å²) in [6.45, 7) is 6.18. The van der Waals surface area contributed by atoms with E-state index in [0.717, 1.165) is 42.6 Å². The van der Waals surface area contributed by atoms with Gasteiger partial charge in [0.15, 0.2) is 0 Å². The van der Waals surface area contributed by atoms with Crippen molar-refractivity contribution in [2.24, 2.45) is 0 Å². The maximum absolute atomic E-state index is 13.0. The number of benzene rings is 2. The van der Waals surface area contributed by atoms with Gasteiger partial charge < -0.3 is 4.74 Å². The van der Waals surface area contributed by atoms with E-state index in [2.05, 4.69) is 21.8 Å². The van der Waals surface area contributed by atoms with E-state index in [1.165, 1.54) is 7.11 Å². The summed E-state index contributed by atoms with van der Waals surface area (Å²) >= 11 is 0. The van der Waals surface area contributed by atoms with Crippen LogP contribution in [0.3, 0.4) is 0 Å². The first-order valence-corrected chi connectivity index (χ1v) is 10.8. The molecule has 1 heterocycles. The maximum Gasteiger partial charge on any atom is 0.244 e. The van der Waals surface area contributed by atoms with E-state index in [1.54, 1.807) is 12.1 Å². The molecule has 6 heteroatoms. The molecule has 1 atom stereocenters. The quantitative estimate of drug-likeness (QED) is 0.790. The van der Waals surface area contributed by atoms with Gasteiger partial charge in [0, 0.05) is 12.6 Å². The molecule has 0 amide bonds. The van der Waals surface area contributed by atoms with Crippen molar-refractivity contribution in [2.75, 3.05) is 26.7 Å². The number of methoxy groups -OCH3 is 1. The van der Waals surface area contributed by atoms with Crippen molar-refractivity contribution in [1.29, 1.82) is 0 Å². The Morgan fingerprint density at radius 1 is 1.07 bits per heavy atom. The SMILES string of the molecule is COc1cc(C)c(C)cc1S(=O)(=O)NCC(c1ccccc1)N1CCCC1. The summed E-state index contributed by atoms with van der Waals surface area (Å²) in [4.78, 5) is 2.55. The Balaban J connectivity index is 1.85. The van der Waals surface area contributed by atoms with E-state index >= 15 is 0 Å². The van der Waals surface area contributed by atoms with Crippen LogP contribution in [0.15, 0.2) is 47.4 Å². The van der Waals surface area contributed by atoms with Gasteiger partial charge in [0.1, 0.15) is 10.6 Å². The van der Waals surface area contributed by atoms with E-state index < -0.39 is 10.0 Å². The van der Waals surface area contributed by atoms with Crippen LogP contribution in [-0.2, 0) is 10.0 Å². The van der Waals surface area contributed by atoms with Crippen molar-refractivity contribution in [3.8, 4) is 5.75 Å². The molecule has 1 fully saturated rings. The second kappa shape index (κ2) is 8.42. The largest absolute Gasteiger partial charge is 0.495 e. The molecule has 27 heavy (non-hydrogen) atoms. The van der Waals surface area contributed by atoms with Crippen molar-refractivity contribution in [1.82, 2.24) is 9.62 Å². The van der Waals surface area contributed by atoms with Crippen LogP contribution in [0.1, 0.15) is 35.6 Å². The van der Waals surface area contributed by atoms with Crippen molar-refractivity contribution in [2.45, 2.75) is 37.6 Å². The number of nitrogens with one attached hydrogen (secondary N) is 1. The molecule has 0 radical (unpaired) electrons. The summed E-state index contributed by atoms with van der Waals surface area (Å²) in [6, 6.07) is 13.6. The summed E-state index contributed by atoms with van der Waals surface area (Å²) < 4.78 is 34.2. The number of sulfonamides is 1. The number of rotatable bonds is 7. The monoisotopic (exact) mass is 388 g/mol. The zero-order valence-electron chi connectivity index (χ0n) is 16.2. The van der Waals surface area contributed by atoms with Crippen LogP contribution in [0.4, 0.5) is 0 Å². The highest BCUT2D eigenvalue weighted by molar-refractivity contribution is 7.89. The smallest absolute Gasteiger partial charge is 0.244 e. The van der Waals surface area contributed by atoms with Crippen molar-refractivity contribution < 1.29 is 13.2 Å². The molecule has 1 N–H and O–H groups in total. The van der Waals surface area contributed by atoms with Gasteiger partial charge in [-0.2, -0.15) is 0 Å². The third kappa shape index (κ3) is 4.51. The summed E-state index contributed by atoms with van der Waals surface area (Å²) in [6.07, 6.45) is 2.31. The van der Waals surface area contributed by atoms with E-state index in [1.807, 2.05) is 32.0 Å². The molecule has 1 unspecified atom stereocenters. The van der Waals surface area contributed by atoms with E-state index in [-0.39, 0.29) is 10.9 Å². The lowest BCUT2D eigenvalue weighted by atomic mass is 10.1. The topological polar surface area (TPSA) is 58.6 Å². The van der Waals surface area contributed by atoms with Crippen LogP contribution in [0.5, 0.6) is 5.75 Å². The highest BCUT2D eigenvalue weighted by atomic mass is 32.2. The number of aryl methyl sites for hydroxylation is 2. The molecule has 0 aromatic heterocycles. The minimum Gasteiger partial charge on any atom is -0.495 e. The molecule has 1 saturated heterocycles. The molecular formula is C21H28N2O3S. The van der Waals surface area contributed by atoms with Gasteiger partial charge in [0.2, 0.25) is 10.0 Å². The maximum atomic E-state index is 13.0. The van der Waals surface area contributed by atoms with Crippen molar-refractivity contribution >= 4 is 10.0 Å². The molecule has 1 aliphatic rings. The van der Waals surface area contributed by atoms with Gasteiger partial charge in [-0.05, 0) is 68.6 Å².